The van der Waals surface area contributed by atoms with Crippen LogP contribution in [0.1, 0.15) is 43.8 Å². The van der Waals surface area contributed by atoms with Crippen molar-refractivity contribution in [2.75, 3.05) is 11.6 Å². The van der Waals surface area contributed by atoms with Gasteiger partial charge in [-0.25, -0.2) is 13.2 Å². The summed E-state index contributed by atoms with van der Waals surface area (Å²) in [5.41, 5.74) is -0.257. The van der Waals surface area contributed by atoms with Gasteiger partial charge in [-0.3, -0.25) is 4.79 Å². The van der Waals surface area contributed by atoms with Crippen molar-refractivity contribution in [2.45, 2.75) is 44.7 Å². The number of carbonyl (C=O) groups is 2. The van der Waals surface area contributed by atoms with Crippen LogP contribution in [0.25, 0.3) is 0 Å². The fourth-order valence-electron chi connectivity index (χ4n) is 2.57. The van der Waals surface area contributed by atoms with Gasteiger partial charge in [0, 0.05) is 17.9 Å². The monoisotopic (exact) mass is 468 g/mol. The lowest BCUT2D eigenvalue weighted by molar-refractivity contribution is -0.117. The summed E-state index contributed by atoms with van der Waals surface area (Å²) in [5.74, 6) is -0.639. The van der Waals surface area contributed by atoms with Crippen molar-refractivity contribution in [1.82, 2.24) is 5.32 Å². The Bertz CT molecular complexity index is 1100. The number of amides is 1. The Balaban J connectivity index is 2.34. The number of sulfone groups is 1. The zero-order valence-electron chi connectivity index (χ0n) is 17.9. The number of benzene rings is 1. The van der Waals surface area contributed by atoms with Crippen LogP contribution in [0.5, 0.6) is 0 Å². The molecule has 8 nitrogen and oxygen atoms in total. The number of anilines is 1. The van der Waals surface area contributed by atoms with Crippen LogP contribution in [-0.4, -0.2) is 32.1 Å². The number of hydrogen-bond acceptors (Lipinski definition) is 7. The van der Waals surface area contributed by atoms with Gasteiger partial charge in [0.15, 0.2) is 9.84 Å². The number of allylic oxidation sites excluding steroid dienone is 1. The molecule has 0 bridgehead atoms. The molecule has 2 N–H and O–H groups in total. The van der Waals surface area contributed by atoms with Crippen LogP contribution in [0.2, 0.25) is 5.02 Å². The number of ether oxygens (including phenoxy) is 1. The van der Waals surface area contributed by atoms with Gasteiger partial charge in [-0.05, 0) is 52.0 Å². The van der Waals surface area contributed by atoms with Gasteiger partial charge in [-0.15, -0.1) is 0 Å². The van der Waals surface area contributed by atoms with Crippen LogP contribution in [0.4, 0.5) is 5.69 Å². The third-order valence-corrected chi connectivity index (χ3v) is 5.37. The van der Waals surface area contributed by atoms with Crippen LogP contribution in [0, 0.1) is 0 Å². The molecule has 1 heterocycles. The van der Waals surface area contributed by atoms with Gasteiger partial charge in [-0.2, -0.15) is 0 Å². The first-order valence-corrected chi connectivity index (χ1v) is 11.6. The van der Waals surface area contributed by atoms with Gasteiger partial charge < -0.3 is 19.8 Å². The predicted molar refractivity (Wildman–Crippen MR) is 118 cm³/mol. The zero-order valence-corrected chi connectivity index (χ0v) is 19.5. The van der Waals surface area contributed by atoms with E-state index in [1.165, 1.54) is 19.3 Å². The van der Waals surface area contributed by atoms with Crippen LogP contribution in [-0.2, 0) is 25.9 Å². The maximum Gasteiger partial charge on any atom is 0.345 e. The molecule has 1 aromatic carbocycles. The van der Waals surface area contributed by atoms with Crippen LogP contribution < -0.4 is 10.6 Å². The van der Waals surface area contributed by atoms with Gasteiger partial charge in [0.1, 0.15) is 11.5 Å². The van der Waals surface area contributed by atoms with Gasteiger partial charge in [-0.1, -0.05) is 11.6 Å². The lowest BCUT2D eigenvalue weighted by Gasteiger charge is -2.19. The van der Waals surface area contributed by atoms with Gasteiger partial charge in [0.05, 0.1) is 34.0 Å². The topological polar surface area (TPSA) is 115 Å². The molecule has 31 heavy (non-hydrogen) atoms. The molecular formula is C21H25ClN2O6S. The normalized spacial score (nSPS) is 12.4. The Labute approximate surface area is 186 Å². The minimum atomic E-state index is -3.70. The molecule has 10 heteroatoms. The highest BCUT2D eigenvalue weighted by atomic mass is 35.5. The van der Waals surface area contributed by atoms with E-state index >= 15 is 0 Å². The largest absolute Gasteiger partial charge is 0.467 e. The Hall–Kier alpha value is -2.78. The Kier molecular flexibility index (Phi) is 7.56. The summed E-state index contributed by atoms with van der Waals surface area (Å²) in [6.45, 7) is 7.13. The van der Waals surface area contributed by atoms with Crippen molar-refractivity contribution in [1.29, 1.82) is 0 Å². The Morgan fingerprint density at radius 1 is 1.26 bits per heavy atom. The number of halogens is 1. The second kappa shape index (κ2) is 9.57. The standard InChI is InChI=1S/C21H25ClN2O6S/c1-13(9-19(25)24-21(2,3)4)30-20(26)15-10-18(31(5,27)28)16(22)11-17(15)23-12-14-7-6-8-29-14/h6-11,23H,12H2,1-5H3,(H,24,25)/b13-9-. The molecule has 0 fully saturated rings. The average molecular weight is 469 g/mol. The van der Waals surface area contributed by atoms with Crippen molar-refractivity contribution >= 4 is 39.0 Å². The first-order valence-electron chi connectivity index (χ1n) is 9.29. The highest BCUT2D eigenvalue weighted by molar-refractivity contribution is 7.90. The summed E-state index contributed by atoms with van der Waals surface area (Å²) in [7, 11) is -3.70. The second-order valence-electron chi connectivity index (χ2n) is 7.92. The van der Waals surface area contributed by atoms with Crippen molar-refractivity contribution < 1.29 is 27.2 Å². The molecule has 0 radical (unpaired) electrons. The molecule has 2 rings (SSSR count). The maximum atomic E-state index is 12.8. The van der Waals surface area contributed by atoms with E-state index in [1.54, 1.807) is 12.1 Å². The minimum absolute atomic E-state index is 0.0413. The Morgan fingerprint density at radius 2 is 1.94 bits per heavy atom. The van der Waals surface area contributed by atoms with Gasteiger partial charge in [0.25, 0.3) is 0 Å². The third kappa shape index (κ3) is 7.45. The molecule has 0 aliphatic rings. The van der Waals surface area contributed by atoms with Crippen molar-refractivity contribution in [3.05, 3.63) is 58.7 Å². The van der Waals surface area contributed by atoms with E-state index in [1.807, 2.05) is 20.8 Å². The average Bonchev–Trinajstić information content (AvgIpc) is 3.10. The molecule has 0 aliphatic heterocycles. The van der Waals surface area contributed by atoms with Crippen LogP contribution >= 0.6 is 11.6 Å². The van der Waals surface area contributed by atoms with E-state index in [0.29, 0.717) is 5.76 Å². The summed E-state index contributed by atoms with van der Waals surface area (Å²) in [6, 6.07) is 5.93. The molecule has 0 saturated carbocycles. The fraction of sp³-hybridized carbons (Fsp3) is 0.333. The summed E-state index contributed by atoms with van der Waals surface area (Å²) in [6.07, 6.45) is 3.64. The first-order chi connectivity index (χ1) is 14.3. The molecule has 0 atom stereocenters. The van der Waals surface area contributed by atoms with Crippen LogP contribution in [0.15, 0.2) is 51.7 Å². The fourth-order valence-corrected chi connectivity index (χ4v) is 3.90. The summed E-state index contributed by atoms with van der Waals surface area (Å²) >= 11 is 6.13. The second-order valence-corrected chi connectivity index (χ2v) is 10.3. The van der Waals surface area contributed by atoms with Gasteiger partial charge >= 0.3 is 5.97 Å². The van der Waals surface area contributed by atoms with E-state index in [-0.39, 0.29) is 33.5 Å². The number of furan rings is 1. The quantitative estimate of drug-likeness (QED) is 0.359. The van der Waals surface area contributed by atoms with Crippen molar-refractivity contribution in [3.63, 3.8) is 0 Å². The SMILES string of the molecule is C/C(=C/C(=O)NC(C)(C)C)OC(=O)c1cc(S(C)(=O)=O)c(Cl)cc1NCc1ccco1. The molecule has 1 aromatic heterocycles. The summed E-state index contributed by atoms with van der Waals surface area (Å²) in [5, 5.41) is 5.67. The van der Waals surface area contributed by atoms with E-state index in [9.17, 15) is 18.0 Å². The molecule has 168 valence electrons. The molecule has 2 aromatic rings. The van der Waals surface area contributed by atoms with Crippen molar-refractivity contribution in [3.8, 4) is 0 Å². The summed E-state index contributed by atoms with van der Waals surface area (Å²) < 4.78 is 34.6. The molecule has 0 aliphatic carbocycles. The van der Waals surface area contributed by atoms with Crippen molar-refractivity contribution in [2.24, 2.45) is 0 Å². The molecule has 1 amide bonds. The number of hydrogen-bond donors (Lipinski definition) is 2. The first kappa shape index (κ1) is 24.5. The molecule has 0 spiro atoms. The minimum Gasteiger partial charge on any atom is -0.467 e. The molecule has 0 unspecified atom stereocenters. The lowest BCUT2D eigenvalue weighted by atomic mass is 10.1. The maximum absolute atomic E-state index is 12.8. The molecule has 0 saturated heterocycles. The highest BCUT2D eigenvalue weighted by Gasteiger charge is 2.22. The van der Waals surface area contributed by atoms with Gasteiger partial charge in [0.2, 0.25) is 5.91 Å². The number of esters is 1. The lowest BCUT2D eigenvalue weighted by Crippen LogP contribution is -2.39. The number of nitrogens with one attached hydrogen (secondary N) is 2. The Morgan fingerprint density at radius 3 is 2.48 bits per heavy atom. The van der Waals surface area contributed by atoms with E-state index in [0.717, 1.165) is 18.4 Å². The van der Waals surface area contributed by atoms with E-state index in [4.69, 9.17) is 20.8 Å². The van der Waals surface area contributed by atoms with E-state index in [2.05, 4.69) is 10.6 Å². The smallest absolute Gasteiger partial charge is 0.345 e. The van der Waals surface area contributed by atoms with Crippen LogP contribution in [0.3, 0.4) is 0 Å². The summed E-state index contributed by atoms with van der Waals surface area (Å²) in [4.78, 5) is 24.6. The third-order valence-electron chi connectivity index (χ3n) is 3.81. The zero-order chi connectivity index (χ0) is 23.4. The van der Waals surface area contributed by atoms with E-state index < -0.39 is 27.3 Å². The molecular weight excluding hydrogens is 444 g/mol. The predicted octanol–water partition coefficient (Wildman–Crippen LogP) is 3.92. The number of rotatable bonds is 7. The highest BCUT2D eigenvalue weighted by Crippen LogP contribution is 2.30. The number of carbonyl (C=O) groups excluding carboxylic acids is 2.